The van der Waals surface area contributed by atoms with E-state index in [9.17, 15) is 0 Å². The molecule has 92 valence electrons. The van der Waals surface area contributed by atoms with Crippen molar-refractivity contribution >= 4 is 0 Å². The molecule has 3 rings (SSSR count). The van der Waals surface area contributed by atoms with Crippen LogP contribution in [-0.4, -0.2) is 18.5 Å². The molecule has 17 heavy (non-hydrogen) atoms. The molecule has 2 aliphatic rings. The zero-order valence-electron chi connectivity index (χ0n) is 11.2. The van der Waals surface area contributed by atoms with Crippen molar-refractivity contribution in [3.63, 3.8) is 0 Å². The van der Waals surface area contributed by atoms with Crippen molar-refractivity contribution in [3.05, 3.63) is 35.4 Å². The van der Waals surface area contributed by atoms with Gasteiger partial charge in [0.2, 0.25) is 0 Å². The maximum absolute atomic E-state index is 2.59. The Balaban J connectivity index is 2.11. The van der Waals surface area contributed by atoms with Crippen LogP contribution in [0.2, 0.25) is 0 Å². The van der Waals surface area contributed by atoms with Crippen LogP contribution in [0, 0.1) is 11.3 Å². The van der Waals surface area contributed by atoms with Crippen molar-refractivity contribution in [1.29, 1.82) is 0 Å². The zero-order valence-corrected chi connectivity index (χ0v) is 11.2. The van der Waals surface area contributed by atoms with Gasteiger partial charge in [-0.3, -0.25) is 4.90 Å². The molecule has 1 heteroatoms. The summed E-state index contributed by atoms with van der Waals surface area (Å²) < 4.78 is 0. The fourth-order valence-electron chi connectivity index (χ4n) is 4.22. The summed E-state index contributed by atoms with van der Waals surface area (Å²) in [6.45, 7) is 6.09. The molecule has 0 amide bonds. The lowest BCUT2D eigenvalue weighted by molar-refractivity contribution is 0.00596. The lowest BCUT2D eigenvalue weighted by Gasteiger charge is -2.48. The standard InChI is InChI=1S/C16H23N/c1-12(2)16-9-6-10-17(3)15(16)14-8-5-4-7-13(14)11-16/h4-5,7-8,12,15H,6,9-11H2,1-3H3/t15-,16-/m1/s1. The van der Waals surface area contributed by atoms with E-state index in [0.29, 0.717) is 11.5 Å². The van der Waals surface area contributed by atoms with Gasteiger partial charge in [0.1, 0.15) is 0 Å². The van der Waals surface area contributed by atoms with Crippen molar-refractivity contribution in [2.45, 2.75) is 39.2 Å². The molecular weight excluding hydrogens is 206 g/mol. The van der Waals surface area contributed by atoms with Gasteiger partial charge in [-0.1, -0.05) is 38.1 Å². The first kappa shape index (κ1) is 11.3. The highest BCUT2D eigenvalue weighted by Gasteiger charge is 2.50. The van der Waals surface area contributed by atoms with Gasteiger partial charge in [-0.15, -0.1) is 0 Å². The van der Waals surface area contributed by atoms with Gasteiger partial charge in [0, 0.05) is 6.04 Å². The molecular formula is C16H23N. The molecule has 0 radical (unpaired) electrons. The molecule has 0 N–H and O–H groups in total. The summed E-state index contributed by atoms with van der Waals surface area (Å²) >= 11 is 0. The Morgan fingerprint density at radius 1 is 1.29 bits per heavy atom. The van der Waals surface area contributed by atoms with Crippen molar-refractivity contribution in [2.75, 3.05) is 13.6 Å². The van der Waals surface area contributed by atoms with Crippen LogP contribution in [0.4, 0.5) is 0 Å². The topological polar surface area (TPSA) is 3.24 Å². The minimum Gasteiger partial charge on any atom is -0.299 e. The lowest BCUT2D eigenvalue weighted by Crippen LogP contribution is -2.45. The Hall–Kier alpha value is -0.820. The van der Waals surface area contributed by atoms with Crippen molar-refractivity contribution in [2.24, 2.45) is 11.3 Å². The van der Waals surface area contributed by atoms with E-state index in [2.05, 4.69) is 50.1 Å². The van der Waals surface area contributed by atoms with E-state index < -0.39 is 0 Å². The molecule has 0 aromatic heterocycles. The lowest BCUT2D eigenvalue weighted by atomic mass is 9.66. The molecule has 1 aromatic rings. The molecule has 1 fully saturated rings. The largest absolute Gasteiger partial charge is 0.299 e. The Morgan fingerprint density at radius 3 is 2.82 bits per heavy atom. The van der Waals surface area contributed by atoms with E-state index in [1.54, 1.807) is 11.1 Å². The predicted molar refractivity (Wildman–Crippen MR) is 72.0 cm³/mol. The molecule has 1 saturated heterocycles. The van der Waals surface area contributed by atoms with E-state index in [1.807, 2.05) is 0 Å². The fraction of sp³-hybridized carbons (Fsp3) is 0.625. The van der Waals surface area contributed by atoms with Gasteiger partial charge in [-0.05, 0) is 55.3 Å². The summed E-state index contributed by atoms with van der Waals surface area (Å²) in [7, 11) is 2.31. The van der Waals surface area contributed by atoms with Crippen LogP contribution in [0.3, 0.4) is 0 Å². The van der Waals surface area contributed by atoms with Gasteiger partial charge in [0.15, 0.2) is 0 Å². The van der Waals surface area contributed by atoms with E-state index in [1.165, 1.54) is 25.8 Å². The third kappa shape index (κ3) is 1.48. The number of hydrogen-bond donors (Lipinski definition) is 0. The molecule has 1 nitrogen and oxygen atoms in total. The molecule has 0 saturated carbocycles. The first-order valence-corrected chi connectivity index (χ1v) is 6.93. The fourth-order valence-corrected chi connectivity index (χ4v) is 4.22. The summed E-state index contributed by atoms with van der Waals surface area (Å²) in [6, 6.07) is 9.76. The second-order valence-electron chi connectivity index (χ2n) is 6.25. The molecule has 0 unspecified atom stereocenters. The van der Waals surface area contributed by atoms with Crippen LogP contribution >= 0.6 is 0 Å². The van der Waals surface area contributed by atoms with Gasteiger partial charge in [0.25, 0.3) is 0 Å². The quantitative estimate of drug-likeness (QED) is 0.710. The summed E-state index contributed by atoms with van der Waals surface area (Å²) in [6.07, 6.45) is 4.05. The number of likely N-dealkylation sites (tertiary alicyclic amines) is 1. The summed E-state index contributed by atoms with van der Waals surface area (Å²) in [5.74, 6) is 0.766. The number of fused-ring (bicyclic) bond motifs is 3. The maximum Gasteiger partial charge on any atom is 0.0409 e. The predicted octanol–water partition coefficient (Wildman–Crippen LogP) is 3.65. The van der Waals surface area contributed by atoms with Gasteiger partial charge < -0.3 is 0 Å². The van der Waals surface area contributed by atoms with E-state index in [4.69, 9.17) is 0 Å². The average Bonchev–Trinajstić information content (AvgIpc) is 2.65. The van der Waals surface area contributed by atoms with E-state index >= 15 is 0 Å². The summed E-state index contributed by atoms with van der Waals surface area (Å²) in [5, 5.41) is 0. The van der Waals surface area contributed by atoms with E-state index in [-0.39, 0.29) is 0 Å². The van der Waals surface area contributed by atoms with Crippen LogP contribution in [0.5, 0.6) is 0 Å². The van der Waals surface area contributed by atoms with Gasteiger partial charge >= 0.3 is 0 Å². The second kappa shape index (κ2) is 3.84. The Labute approximate surface area is 105 Å². The smallest absolute Gasteiger partial charge is 0.0409 e. The van der Waals surface area contributed by atoms with Crippen molar-refractivity contribution < 1.29 is 0 Å². The Morgan fingerprint density at radius 2 is 2.06 bits per heavy atom. The molecule has 1 aliphatic heterocycles. The van der Waals surface area contributed by atoms with Crippen molar-refractivity contribution in [3.8, 4) is 0 Å². The highest BCUT2D eigenvalue weighted by Crippen LogP contribution is 2.57. The minimum atomic E-state index is 0.497. The van der Waals surface area contributed by atoms with Crippen LogP contribution in [0.15, 0.2) is 24.3 Å². The Bertz CT molecular complexity index is 423. The average molecular weight is 229 g/mol. The Kier molecular flexibility index (Phi) is 2.55. The number of benzene rings is 1. The number of rotatable bonds is 1. The minimum absolute atomic E-state index is 0.497. The van der Waals surface area contributed by atoms with Crippen LogP contribution in [0.25, 0.3) is 0 Å². The first-order valence-electron chi connectivity index (χ1n) is 6.93. The highest BCUT2D eigenvalue weighted by atomic mass is 15.2. The van der Waals surface area contributed by atoms with Gasteiger partial charge in [-0.25, -0.2) is 0 Å². The monoisotopic (exact) mass is 229 g/mol. The summed E-state index contributed by atoms with van der Waals surface area (Å²) in [5.41, 5.74) is 3.69. The number of hydrogen-bond acceptors (Lipinski definition) is 1. The van der Waals surface area contributed by atoms with Gasteiger partial charge in [0.05, 0.1) is 0 Å². The third-order valence-corrected chi connectivity index (χ3v) is 5.16. The molecule has 1 heterocycles. The first-order chi connectivity index (χ1) is 8.15. The number of nitrogens with zero attached hydrogens (tertiary/aromatic N) is 1. The summed E-state index contributed by atoms with van der Waals surface area (Å²) in [4.78, 5) is 2.59. The molecule has 1 aliphatic carbocycles. The highest BCUT2D eigenvalue weighted by molar-refractivity contribution is 5.39. The van der Waals surface area contributed by atoms with Crippen LogP contribution in [-0.2, 0) is 6.42 Å². The SMILES string of the molecule is CC(C)[C@]12CCCN(C)[C@@H]1c1ccccc1C2. The second-order valence-corrected chi connectivity index (χ2v) is 6.25. The van der Waals surface area contributed by atoms with Crippen molar-refractivity contribution in [1.82, 2.24) is 4.90 Å². The van der Waals surface area contributed by atoms with Gasteiger partial charge in [-0.2, -0.15) is 0 Å². The van der Waals surface area contributed by atoms with E-state index in [0.717, 1.165) is 5.92 Å². The molecule has 0 bridgehead atoms. The third-order valence-electron chi connectivity index (χ3n) is 5.16. The maximum atomic E-state index is 2.59. The molecule has 2 atom stereocenters. The molecule has 0 spiro atoms. The number of piperidine rings is 1. The molecule has 1 aromatic carbocycles. The zero-order chi connectivity index (χ0) is 12.0. The normalized spacial score (nSPS) is 32.6. The van der Waals surface area contributed by atoms with Crippen LogP contribution < -0.4 is 0 Å². The van der Waals surface area contributed by atoms with Crippen LogP contribution in [0.1, 0.15) is 43.9 Å².